The van der Waals surface area contributed by atoms with E-state index in [0.717, 1.165) is 5.69 Å². The third kappa shape index (κ3) is 3.92. The van der Waals surface area contributed by atoms with Crippen molar-refractivity contribution in [3.63, 3.8) is 0 Å². The van der Waals surface area contributed by atoms with Gasteiger partial charge in [0.1, 0.15) is 18.5 Å². The molecule has 0 spiro atoms. The fourth-order valence-electron chi connectivity index (χ4n) is 2.65. The average molecular weight is 346 g/mol. The Balaban J connectivity index is 1.82. The lowest BCUT2D eigenvalue weighted by molar-refractivity contribution is -0.141. The molecule has 0 radical (unpaired) electrons. The number of hydrogen-bond donors (Lipinski definition) is 2. The standard InChI is InChI=1S/C17H22N4O4/c1-11-14(19-16(18)22)21(12-7-5-4-6-8-12)20-15(11)23-9-13-10-24-17(2,3)25-13/h4-8,13H,9-10H2,1-3H3,(H3,18,19,22)/t13-/m1/s1. The Morgan fingerprint density at radius 3 is 2.76 bits per heavy atom. The van der Waals surface area contributed by atoms with Crippen molar-refractivity contribution in [1.82, 2.24) is 9.78 Å². The number of primary amides is 1. The molecule has 1 saturated heterocycles. The summed E-state index contributed by atoms with van der Waals surface area (Å²) < 4.78 is 18.6. The Morgan fingerprint density at radius 1 is 1.44 bits per heavy atom. The summed E-state index contributed by atoms with van der Waals surface area (Å²) in [6.07, 6.45) is -0.177. The van der Waals surface area contributed by atoms with Crippen molar-refractivity contribution in [1.29, 1.82) is 0 Å². The van der Waals surface area contributed by atoms with Gasteiger partial charge in [0.2, 0.25) is 5.88 Å². The van der Waals surface area contributed by atoms with Gasteiger partial charge in [0, 0.05) is 0 Å². The van der Waals surface area contributed by atoms with Crippen LogP contribution in [-0.4, -0.2) is 40.9 Å². The van der Waals surface area contributed by atoms with Crippen LogP contribution in [0.4, 0.5) is 10.6 Å². The molecule has 1 aromatic heterocycles. The van der Waals surface area contributed by atoms with Gasteiger partial charge < -0.3 is 19.9 Å². The van der Waals surface area contributed by atoms with E-state index < -0.39 is 11.8 Å². The maximum Gasteiger partial charge on any atom is 0.317 e. The second-order valence-corrected chi connectivity index (χ2v) is 6.28. The lowest BCUT2D eigenvalue weighted by atomic mass is 10.3. The zero-order valence-electron chi connectivity index (χ0n) is 14.5. The van der Waals surface area contributed by atoms with Gasteiger partial charge in [0.05, 0.1) is 17.9 Å². The molecule has 2 heterocycles. The molecule has 3 N–H and O–H groups in total. The van der Waals surface area contributed by atoms with Crippen molar-refractivity contribution in [2.75, 3.05) is 18.5 Å². The molecular weight excluding hydrogens is 324 g/mol. The average Bonchev–Trinajstić information content (AvgIpc) is 3.06. The molecule has 0 aliphatic carbocycles. The normalized spacial score (nSPS) is 18.9. The third-order valence-corrected chi connectivity index (χ3v) is 3.79. The minimum absolute atomic E-state index is 0.177. The topological polar surface area (TPSA) is 101 Å². The van der Waals surface area contributed by atoms with Gasteiger partial charge in [0.25, 0.3) is 0 Å². The first-order valence-electron chi connectivity index (χ1n) is 8.02. The molecule has 8 heteroatoms. The Kier molecular flexibility index (Phi) is 4.65. The molecule has 1 aromatic carbocycles. The summed E-state index contributed by atoms with van der Waals surface area (Å²) in [7, 11) is 0. The van der Waals surface area contributed by atoms with E-state index in [0.29, 0.717) is 30.5 Å². The van der Waals surface area contributed by atoms with Crippen LogP contribution in [0.5, 0.6) is 5.88 Å². The highest BCUT2D eigenvalue weighted by molar-refractivity contribution is 5.88. The van der Waals surface area contributed by atoms with Crippen molar-refractivity contribution in [2.24, 2.45) is 5.73 Å². The van der Waals surface area contributed by atoms with E-state index in [4.69, 9.17) is 19.9 Å². The Morgan fingerprint density at radius 2 is 2.16 bits per heavy atom. The quantitative estimate of drug-likeness (QED) is 0.864. The van der Waals surface area contributed by atoms with Crippen molar-refractivity contribution in [3.8, 4) is 11.6 Å². The van der Waals surface area contributed by atoms with Gasteiger partial charge in [-0.1, -0.05) is 18.2 Å². The molecular formula is C17H22N4O4. The molecule has 0 saturated carbocycles. The summed E-state index contributed by atoms with van der Waals surface area (Å²) in [6.45, 7) is 6.28. The van der Waals surface area contributed by atoms with Gasteiger partial charge in [-0.25, -0.2) is 9.48 Å². The van der Waals surface area contributed by atoms with Gasteiger partial charge in [-0.15, -0.1) is 5.10 Å². The summed E-state index contributed by atoms with van der Waals surface area (Å²) in [6, 6.07) is 8.75. The number of amides is 2. The van der Waals surface area contributed by atoms with Crippen LogP contribution < -0.4 is 15.8 Å². The lowest BCUT2D eigenvalue weighted by Gasteiger charge is -2.17. The number of aromatic nitrogens is 2. The lowest BCUT2D eigenvalue weighted by Crippen LogP contribution is -2.25. The van der Waals surface area contributed by atoms with E-state index in [1.54, 1.807) is 4.68 Å². The summed E-state index contributed by atoms with van der Waals surface area (Å²) in [4.78, 5) is 11.3. The predicted molar refractivity (Wildman–Crippen MR) is 91.9 cm³/mol. The van der Waals surface area contributed by atoms with Crippen LogP contribution in [0.15, 0.2) is 30.3 Å². The largest absolute Gasteiger partial charge is 0.473 e. The van der Waals surface area contributed by atoms with Crippen LogP contribution in [0, 0.1) is 6.92 Å². The van der Waals surface area contributed by atoms with Gasteiger partial charge >= 0.3 is 6.03 Å². The van der Waals surface area contributed by atoms with Gasteiger partial charge in [-0.05, 0) is 32.9 Å². The molecule has 0 bridgehead atoms. The number of rotatable bonds is 5. The van der Waals surface area contributed by atoms with Crippen LogP contribution in [-0.2, 0) is 9.47 Å². The smallest absolute Gasteiger partial charge is 0.317 e. The molecule has 1 aliphatic rings. The number of carbonyl (C=O) groups excluding carboxylic acids is 1. The number of benzene rings is 1. The van der Waals surface area contributed by atoms with Crippen LogP contribution in [0.3, 0.4) is 0 Å². The van der Waals surface area contributed by atoms with E-state index in [1.165, 1.54) is 0 Å². The molecule has 1 aliphatic heterocycles. The SMILES string of the molecule is Cc1c(OC[C@@H]2COC(C)(C)O2)nn(-c2ccccc2)c1NC(N)=O. The minimum Gasteiger partial charge on any atom is -0.473 e. The number of para-hydroxylation sites is 1. The second-order valence-electron chi connectivity index (χ2n) is 6.28. The van der Waals surface area contributed by atoms with Crippen molar-refractivity contribution >= 4 is 11.8 Å². The summed E-state index contributed by atoms with van der Waals surface area (Å²) in [5.74, 6) is 0.268. The number of urea groups is 1. The summed E-state index contributed by atoms with van der Waals surface area (Å²) in [5, 5.41) is 7.06. The number of nitrogens with two attached hydrogens (primary N) is 1. The van der Waals surface area contributed by atoms with Crippen LogP contribution in [0.1, 0.15) is 19.4 Å². The van der Waals surface area contributed by atoms with Crippen molar-refractivity contribution in [3.05, 3.63) is 35.9 Å². The highest BCUT2D eigenvalue weighted by Gasteiger charge is 2.33. The first-order valence-corrected chi connectivity index (χ1v) is 8.02. The van der Waals surface area contributed by atoms with Crippen molar-refractivity contribution in [2.45, 2.75) is 32.7 Å². The number of anilines is 1. The predicted octanol–water partition coefficient (Wildman–Crippen LogP) is 2.20. The first kappa shape index (κ1) is 17.2. The number of carbonyl (C=O) groups is 1. The molecule has 25 heavy (non-hydrogen) atoms. The van der Waals surface area contributed by atoms with Gasteiger partial charge in [0.15, 0.2) is 5.79 Å². The molecule has 3 rings (SSSR count). The Labute approximate surface area is 145 Å². The summed E-state index contributed by atoms with van der Waals surface area (Å²) in [5.41, 5.74) is 6.75. The summed E-state index contributed by atoms with van der Waals surface area (Å²) >= 11 is 0. The molecule has 2 aromatic rings. The zero-order valence-corrected chi connectivity index (χ0v) is 14.5. The molecule has 8 nitrogen and oxygen atoms in total. The zero-order chi connectivity index (χ0) is 18.0. The van der Waals surface area contributed by atoms with Crippen molar-refractivity contribution < 1.29 is 19.0 Å². The van der Waals surface area contributed by atoms with Gasteiger partial charge in [-0.3, -0.25) is 5.32 Å². The number of nitrogens with one attached hydrogen (secondary N) is 1. The third-order valence-electron chi connectivity index (χ3n) is 3.79. The van der Waals surface area contributed by atoms with E-state index in [9.17, 15) is 4.79 Å². The van der Waals surface area contributed by atoms with Gasteiger partial charge in [-0.2, -0.15) is 0 Å². The van der Waals surface area contributed by atoms with E-state index >= 15 is 0 Å². The van der Waals surface area contributed by atoms with Crippen LogP contribution in [0.25, 0.3) is 5.69 Å². The fourth-order valence-corrected chi connectivity index (χ4v) is 2.65. The number of hydrogen-bond acceptors (Lipinski definition) is 5. The van der Waals surface area contributed by atoms with Crippen LogP contribution >= 0.6 is 0 Å². The maximum absolute atomic E-state index is 11.3. The van der Waals surface area contributed by atoms with E-state index in [1.807, 2.05) is 51.1 Å². The Bertz CT molecular complexity index is 758. The first-order chi connectivity index (χ1) is 11.9. The van der Waals surface area contributed by atoms with Crippen LogP contribution in [0.2, 0.25) is 0 Å². The van der Waals surface area contributed by atoms with E-state index in [2.05, 4.69) is 10.4 Å². The second kappa shape index (κ2) is 6.73. The fraction of sp³-hybridized carbons (Fsp3) is 0.412. The Hall–Kier alpha value is -2.58. The molecule has 2 amide bonds. The highest BCUT2D eigenvalue weighted by Crippen LogP contribution is 2.29. The minimum atomic E-state index is -0.666. The maximum atomic E-state index is 11.3. The molecule has 1 fully saturated rings. The monoisotopic (exact) mass is 346 g/mol. The number of ether oxygens (including phenoxy) is 3. The molecule has 1 atom stereocenters. The van der Waals surface area contributed by atoms with E-state index in [-0.39, 0.29) is 6.10 Å². The molecule has 134 valence electrons. The number of nitrogens with zero attached hydrogens (tertiary/aromatic N) is 2. The highest BCUT2D eigenvalue weighted by atomic mass is 16.7. The molecule has 0 unspecified atom stereocenters.